The Hall–Kier alpha value is -2.37. The van der Waals surface area contributed by atoms with Crippen LogP contribution < -0.4 is 4.90 Å². The van der Waals surface area contributed by atoms with Crippen molar-refractivity contribution < 1.29 is 19.1 Å². The lowest BCUT2D eigenvalue weighted by atomic mass is 9.99. The van der Waals surface area contributed by atoms with Crippen molar-refractivity contribution in [3.63, 3.8) is 0 Å². The van der Waals surface area contributed by atoms with E-state index in [0.717, 1.165) is 6.42 Å². The first-order valence-corrected chi connectivity index (χ1v) is 8.71. The number of hydrogen-bond donors (Lipinski definition) is 0. The molecule has 1 saturated heterocycles. The summed E-state index contributed by atoms with van der Waals surface area (Å²) in [4.78, 5) is 40.8. The van der Waals surface area contributed by atoms with E-state index in [0.29, 0.717) is 37.2 Å². The van der Waals surface area contributed by atoms with Crippen LogP contribution in [0.1, 0.15) is 50.4 Å². The average molecular weight is 344 g/mol. The summed E-state index contributed by atoms with van der Waals surface area (Å²) in [5.41, 5.74) is 0.612. The van der Waals surface area contributed by atoms with Crippen molar-refractivity contribution in [2.45, 2.75) is 51.7 Å². The standard InChI is InChI=1S/C19H24N2O4/c1-19(2,3)25-18(24)21-11-6-9-15(21)17(23)20-12-10-16(22)13-7-4-5-8-14(13)20/h4-5,7-8,15H,6,9-12H2,1-3H3. The minimum Gasteiger partial charge on any atom is -0.444 e. The van der Waals surface area contributed by atoms with Gasteiger partial charge in [-0.3, -0.25) is 14.5 Å². The third-order valence-electron chi connectivity index (χ3n) is 4.49. The quantitative estimate of drug-likeness (QED) is 0.785. The predicted octanol–water partition coefficient (Wildman–Crippen LogP) is 3.01. The summed E-state index contributed by atoms with van der Waals surface area (Å²) in [5.74, 6) is -0.0848. The molecule has 1 fully saturated rings. The number of para-hydroxylation sites is 1. The molecule has 0 N–H and O–H groups in total. The summed E-state index contributed by atoms with van der Waals surface area (Å²) in [6.45, 7) is 6.30. The first kappa shape index (κ1) is 17.5. The van der Waals surface area contributed by atoms with Gasteiger partial charge in [0.1, 0.15) is 11.6 Å². The number of rotatable bonds is 1. The Bertz CT molecular complexity index is 708. The van der Waals surface area contributed by atoms with Crippen molar-refractivity contribution in [1.29, 1.82) is 0 Å². The van der Waals surface area contributed by atoms with Crippen molar-refractivity contribution in [2.24, 2.45) is 0 Å². The van der Waals surface area contributed by atoms with Gasteiger partial charge in [0.15, 0.2) is 5.78 Å². The van der Waals surface area contributed by atoms with Crippen LogP contribution in [0.3, 0.4) is 0 Å². The van der Waals surface area contributed by atoms with Crippen LogP contribution in [0.2, 0.25) is 0 Å². The minimum absolute atomic E-state index is 0.0510. The monoisotopic (exact) mass is 344 g/mol. The SMILES string of the molecule is CC(C)(C)OC(=O)N1CCCC1C(=O)N1CCC(=O)c2ccccc21. The Kier molecular flexibility index (Phi) is 4.54. The summed E-state index contributed by atoms with van der Waals surface area (Å²) >= 11 is 0. The zero-order valence-electron chi connectivity index (χ0n) is 14.9. The molecule has 0 aromatic heterocycles. The molecule has 2 aliphatic heterocycles. The van der Waals surface area contributed by atoms with E-state index in [-0.39, 0.29) is 11.7 Å². The Morgan fingerprint density at radius 1 is 1.16 bits per heavy atom. The van der Waals surface area contributed by atoms with Gasteiger partial charge in [-0.05, 0) is 45.7 Å². The topological polar surface area (TPSA) is 66.9 Å². The molecule has 1 atom stereocenters. The predicted molar refractivity (Wildman–Crippen MR) is 93.7 cm³/mol. The molecule has 6 nitrogen and oxygen atoms in total. The number of Topliss-reactive ketones (excluding diaryl/α,β-unsaturated/α-hetero) is 1. The molecule has 1 aromatic carbocycles. The highest BCUT2D eigenvalue weighted by molar-refractivity contribution is 6.10. The Labute approximate surface area is 147 Å². The lowest BCUT2D eigenvalue weighted by Gasteiger charge is -2.34. The summed E-state index contributed by atoms with van der Waals surface area (Å²) in [6, 6.07) is 6.62. The summed E-state index contributed by atoms with van der Waals surface area (Å²) in [5, 5.41) is 0. The molecule has 2 heterocycles. The fourth-order valence-corrected chi connectivity index (χ4v) is 3.38. The fraction of sp³-hybridized carbons (Fsp3) is 0.526. The van der Waals surface area contributed by atoms with Gasteiger partial charge in [0.05, 0.1) is 5.69 Å². The fourth-order valence-electron chi connectivity index (χ4n) is 3.38. The molecule has 0 radical (unpaired) electrons. The minimum atomic E-state index is -0.600. The van der Waals surface area contributed by atoms with Gasteiger partial charge in [-0.15, -0.1) is 0 Å². The van der Waals surface area contributed by atoms with Crippen molar-refractivity contribution in [3.05, 3.63) is 29.8 Å². The number of ether oxygens (including phenoxy) is 1. The molecule has 0 spiro atoms. The number of carbonyl (C=O) groups is 3. The molecular formula is C19H24N2O4. The van der Waals surface area contributed by atoms with Crippen LogP contribution in [0, 0.1) is 0 Å². The molecule has 134 valence electrons. The summed E-state index contributed by atoms with van der Waals surface area (Å²) < 4.78 is 5.44. The summed E-state index contributed by atoms with van der Waals surface area (Å²) in [7, 11) is 0. The molecule has 25 heavy (non-hydrogen) atoms. The van der Waals surface area contributed by atoms with Gasteiger partial charge in [-0.1, -0.05) is 12.1 Å². The number of fused-ring (bicyclic) bond motifs is 1. The van der Waals surface area contributed by atoms with Crippen LogP contribution in [0.25, 0.3) is 0 Å². The number of benzene rings is 1. The number of nitrogens with zero attached hydrogens (tertiary/aromatic N) is 2. The maximum atomic E-state index is 13.1. The van der Waals surface area contributed by atoms with E-state index < -0.39 is 17.7 Å². The lowest BCUT2D eigenvalue weighted by molar-refractivity contribution is -0.122. The number of likely N-dealkylation sites (tertiary alicyclic amines) is 1. The molecule has 3 rings (SSSR count). The second-order valence-electron chi connectivity index (χ2n) is 7.51. The van der Waals surface area contributed by atoms with E-state index in [9.17, 15) is 14.4 Å². The van der Waals surface area contributed by atoms with E-state index in [4.69, 9.17) is 4.74 Å². The van der Waals surface area contributed by atoms with E-state index in [1.54, 1.807) is 23.1 Å². The number of hydrogen-bond acceptors (Lipinski definition) is 4. The number of amides is 2. The smallest absolute Gasteiger partial charge is 0.410 e. The maximum absolute atomic E-state index is 13.1. The van der Waals surface area contributed by atoms with Crippen molar-refractivity contribution >= 4 is 23.5 Å². The van der Waals surface area contributed by atoms with Gasteiger partial charge in [0, 0.05) is 25.1 Å². The first-order chi connectivity index (χ1) is 11.8. The van der Waals surface area contributed by atoms with Gasteiger partial charge in [0.25, 0.3) is 0 Å². The van der Waals surface area contributed by atoms with Crippen LogP contribution in [0.15, 0.2) is 24.3 Å². The van der Waals surface area contributed by atoms with Crippen LogP contribution in [-0.2, 0) is 9.53 Å². The zero-order valence-corrected chi connectivity index (χ0v) is 14.9. The average Bonchev–Trinajstić information content (AvgIpc) is 3.03. The lowest BCUT2D eigenvalue weighted by Crippen LogP contribution is -2.50. The van der Waals surface area contributed by atoms with Crippen LogP contribution in [-0.4, -0.2) is 47.4 Å². The molecule has 1 unspecified atom stereocenters. The van der Waals surface area contributed by atoms with E-state index in [1.807, 2.05) is 26.8 Å². The van der Waals surface area contributed by atoms with E-state index in [2.05, 4.69) is 0 Å². The highest BCUT2D eigenvalue weighted by Crippen LogP contribution is 2.30. The zero-order chi connectivity index (χ0) is 18.2. The summed E-state index contributed by atoms with van der Waals surface area (Å²) in [6.07, 6.45) is 1.24. The molecule has 6 heteroatoms. The first-order valence-electron chi connectivity index (χ1n) is 8.71. The molecular weight excluding hydrogens is 320 g/mol. The normalized spacial score (nSPS) is 20.4. The highest BCUT2D eigenvalue weighted by Gasteiger charge is 2.40. The largest absolute Gasteiger partial charge is 0.444 e. The molecule has 1 aromatic rings. The Balaban J connectivity index is 1.82. The van der Waals surface area contributed by atoms with E-state index >= 15 is 0 Å². The molecule has 2 aliphatic rings. The van der Waals surface area contributed by atoms with Crippen molar-refractivity contribution in [1.82, 2.24) is 4.90 Å². The van der Waals surface area contributed by atoms with Gasteiger partial charge in [-0.25, -0.2) is 4.79 Å². The van der Waals surface area contributed by atoms with Crippen LogP contribution in [0.4, 0.5) is 10.5 Å². The molecule has 0 aliphatic carbocycles. The molecule has 0 bridgehead atoms. The Morgan fingerprint density at radius 3 is 2.60 bits per heavy atom. The van der Waals surface area contributed by atoms with Crippen molar-refractivity contribution in [3.8, 4) is 0 Å². The third kappa shape index (κ3) is 3.52. The molecule has 0 saturated carbocycles. The Morgan fingerprint density at radius 2 is 1.88 bits per heavy atom. The molecule has 2 amide bonds. The van der Waals surface area contributed by atoms with Gasteiger partial charge in [-0.2, -0.15) is 0 Å². The highest BCUT2D eigenvalue weighted by atomic mass is 16.6. The van der Waals surface area contributed by atoms with Crippen molar-refractivity contribution in [2.75, 3.05) is 18.0 Å². The van der Waals surface area contributed by atoms with Gasteiger partial charge in [0.2, 0.25) is 5.91 Å². The van der Waals surface area contributed by atoms with Gasteiger partial charge >= 0.3 is 6.09 Å². The maximum Gasteiger partial charge on any atom is 0.410 e. The van der Waals surface area contributed by atoms with Crippen LogP contribution >= 0.6 is 0 Å². The third-order valence-corrected chi connectivity index (χ3v) is 4.49. The number of ketones is 1. The van der Waals surface area contributed by atoms with Gasteiger partial charge < -0.3 is 9.64 Å². The van der Waals surface area contributed by atoms with E-state index in [1.165, 1.54) is 4.90 Å². The number of carbonyl (C=O) groups excluding carboxylic acids is 3. The second kappa shape index (κ2) is 6.50. The second-order valence-corrected chi connectivity index (χ2v) is 7.51. The van der Waals surface area contributed by atoms with Crippen LogP contribution in [0.5, 0.6) is 0 Å². The number of anilines is 1.